The van der Waals surface area contributed by atoms with Crippen LogP contribution in [0.15, 0.2) is 22.0 Å². The van der Waals surface area contributed by atoms with Gasteiger partial charge in [0.05, 0.1) is 4.90 Å². The molecule has 0 bridgehead atoms. The molecule has 7 heteroatoms. The molecule has 0 saturated heterocycles. The molecule has 0 radical (unpaired) electrons. The van der Waals surface area contributed by atoms with Crippen molar-refractivity contribution in [3.05, 3.63) is 27.6 Å². The van der Waals surface area contributed by atoms with E-state index in [1.807, 2.05) is 0 Å². The summed E-state index contributed by atoms with van der Waals surface area (Å²) in [5.41, 5.74) is -0.486. The van der Waals surface area contributed by atoms with Crippen LogP contribution in [0.2, 0.25) is 5.02 Å². The van der Waals surface area contributed by atoms with E-state index in [0.717, 1.165) is 25.7 Å². The van der Waals surface area contributed by atoms with Crippen LogP contribution in [0.5, 0.6) is 0 Å². The van der Waals surface area contributed by atoms with E-state index >= 15 is 0 Å². The second kappa shape index (κ2) is 5.87. The lowest BCUT2D eigenvalue weighted by Gasteiger charge is -2.32. The number of nitrogens with zero attached hydrogens (tertiary/aromatic N) is 1. The molecule has 0 spiro atoms. The Morgan fingerprint density at radius 1 is 1.30 bits per heavy atom. The molecule has 1 saturated carbocycles. The lowest BCUT2D eigenvalue weighted by atomic mass is 9.87. The minimum absolute atomic E-state index is 0.0157. The van der Waals surface area contributed by atoms with Crippen LogP contribution in [-0.2, 0) is 10.0 Å². The normalized spacial score (nSPS) is 24.0. The number of aromatic nitrogens is 1. The van der Waals surface area contributed by atoms with Crippen molar-refractivity contribution in [3.8, 4) is 0 Å². The molecule has 0 atom stereocenters. The van der Waals surface area contributed by atoms with Gasteiger partial charge >= 0.3 is 0 Å². The van der Waals surface area contributed by atoms with Crippen molar-refractivity contribution in [2.75, 3.05) is 7.05 Å². The first-order chi connectivity index (χ1) is 9.32. The molecule has 1 aromatic rings. The zero-order valence-electron chi connectivity index (χ0n) is 11.6. The van der Waals surface area contributed by atoms with Gasteiger partial charge in [-0.1, -0.05) is 18.5 Å². The van der Waals surface area contributed by atoms with Crippen molar-refractivity contribution < 1.29 is 8.42 Å². The molecule has 1 fully saturated rings. The highest BCUT2D eigenvalue weighted by Gasteiger charge is 2.30. The van der Waals surface area contributed by atoms with Crippen LogP contribution in [0.25, 0.3) is 0 Å². The Morgan fingerprint density at radius 3 is 2.45 bits per heavy atom. The van der Waals surface area contributed by atoms with Gasteiger partial charge in [0.15, 0.2) is 0 Å². The molecule has 5 nitrogen and oxygen atoms in total. The number of aromatic amines is 1. The molecule has 112 valence electrons. The van der Waals surface area contributed by atoms with E-state index in [0.29, 0.717) is 5.92 Å². The molecule has 1 N–H and O–H groups in total. The number of sulfonamides is 1. The summed E-state index contributed by atoms with van der Waals surface area (Å²) in [5.74, 6) is 0.657. The Hall–Kier alpha value is -0.850. The first kappa shape index (κ1) is 15.5. The van der Waals surface area contributed by atoms with Crippen LogP contribution in [-0.4, -0.2) is 30.8 Å². The molecule has 0 amide bonds. The Kier molecular flexibility index (Phi) is 4.56. The summed E-state index contributed by atoms with van der Waals surface area (Å²) in [6.07, 6.45) is 5.02. The van der Waals surface area contributed by atoms with E-state index in [1.54, 1.807) is 7.05 Å². The molecular weight excluding hydrogens is 300 g/mol. The van der Waals surface area contributed by atoms with Gasteiger partial charge in [-0.15, -0.1) is 0 Å². The molecule has 0 unspecified atom stereocenters. The first-order valence-electron chi connectivity index (χ1n) is 6.68. The molecule has 0 aromatic carbocycles. The van der Waals surface area contributed by atoms with Crippen molar-refractivity contribution in [1.29, 1.82) is 0 Å². The van der Waals surface area contributed by atoms with E-state index in [4.69, 9.17) is 11.6 Å². The third kappa shape index (κ3) is 3.07. The number of hydrogen-bond acceptors (Lipinski definition) is 3. The van der Waals surface area contributed by atoms with Gasteiger partial charge in [0.25, 0.3) is 5.56 Å². The summed E-state index contributed by atoms with van der Waals surface area (Å²) >= 11 is 5.70. The van der Waals surface area contributed by atoms with Crippen molar-refractivity contribution in [3.63, 3.8) is 0 Å². The maximum atomic E-state index is 12.5. The third-order valence-corrected chi connectivity index (χ3v) is 6.18. The topological polar surface area (TPSA) is 70.2 Å². The lowest BCUT2D eigenvalue weighted by molar-refractivity contribution is 0.246. The van der Waals surface area contributed by atoms with Crippen LogP contribution >= 0.6 is 11.6 Å². The Bertz CT molecular complexity index is 633. The van der Waals surface area contributed by atoms with Crippen molar-refractivity contribution in [2.24, 2.45) is 5.92 Å². The molecule has 1 aliphatic carbocycles. The fraction of sp³-hybridized carbons (Fsp3) is 0.615. The largest absolute Gasteiger partial charge is 0.326 e. The highest BCUT2D eigenvalue weighted by atomic mass is 35.5. The third-order valence-electron chi connectivity index (χ3n) is 4.01. The van der Waals surface area contributed by atoms with Gasteiger partial charge in [-0.05, 0) is 37.7 Å². The first-order valence-corrected chi connectivity index (χ1v) is 8.50. The van der Waals surface area contributed by atoms with E-state index < -0.39 is 15.6 Å². The molecular formula is C13H19ClN2O3S. The Morgan fingerprint density at radius 2 is 1.90 bits per heavy atom. The molecule has 0 aliphatic heterocycles. The molecule has 2 rings (SSSR count). The quantitative estimate of drug-likeness (QED) is 0.929. The fourth-order valence-electron chi connectivity index (χ4n) is 2.56. The van der Waals surface area contributed by atoms with Crippen LogP contribution in [0.4, 0.5) is 0 Å². The zero-order chi connectivity index (χ0) is 14.9. The van der Waals surface area contributed by atoms with Gasteiger partial charge in [-0.3, -0.25) is 4.79 Å². The average molecular weight is 319 g/mol. The second-order valence-electron chi connectivity index (χ2n) is 5.45. The minimum Gasteiger partial charge on any atom is -0.326 e. The van der Waals surface area contributed by atoms with Crippen LogP contribution in [0.3, 0.4) is 0 Å². The van der Waals surface area contributed by atoms with Crippen LogP contribution < -0.4 is 5.56 Å². The molecule has 1 heterocycles. The van der Waals surface area contributed by atoms with Gasteiger partial charge in [0.1, 0.15) is 5.02 Å². The van der Waals surface area contributed by atoms with Crippen molar-refractivity contribution in [2.45, 2.75) is 43.5 Å². The van der Waals surface area contributed by atoms with Crippen LogP contribution in [0.1, 0.15) is 32.6 Å². The monoisotopic (exact) mass is 318 g/mol. The standard InChI is InChI=1S/C13H19ClN2O3S/c1-9-3-5-10(6-4-9)16(2)20(18,19)11-7-12(14)13(17)15-8-11/h7-10H,3-6H2,1-2H3,(H,15,17). The second-order valence-corrected chi connectivity index (χ2v) is 7.85. The maximum Gasteiger partial charge on any atom is 0.266 e. The number of rotatable bonds is 3. The van der Waals surface area contributed by atoms with Crippen LogP contribution in [0, 0.1) is 5.92 Å². The maximum absolute atomic E-state index is 12.5. The summed E-state index contributed by atoms with van der Waals surface area (Å²) in [6, 6.07) is 1.22. The fourth-order valence-corrected chi connectivity index (χ4v) is 4.20. The number of nitrogens with one attached hydrogen (secondary N) is 1. The molecule has 1 aromatic heterocycles. The summed E-state index contributed by atoms with van der Waals surface area (Å²) in [6.45, 7) is 2.19. The minimum atomic E-state index is -3.62. The summed E-state index contributed by atoms with van der Waals surface area (Å²) < 4.78 is 26.4. The van der Waals surface area contributed by atoms with Gasteiger partial charge in [-0.25, -0.2) is 8.42 Å². The van der Waals surface area contributed by atoms with Crippen molar-refractivity contribution >= 4 is 21.6 Å². The van der Waals surface area contributed by atoms with Crippen molar-refractivity contribution in [1.82, 2.24) is 9.29 Å². The summed E-state index contributed by atoms with van der Waals surface area (Å²) in [4.78, 5) is 13.6. The highest BCUT2D eigenvalue weighted by molar-refractivity contribution is 7.89. The predicted octanol–water partition coefficient (Wildman–Crippen LogP) is 2.23. The Balaban J connectivity index is 2.25. The predicted molar refractivity (Wildman–Crippen MR) is 78.4 cm³/mol. The molecule has 1 aliphatic rings. The van der Waals surface area contributed by atoms with Gasteiger partial charge in [0.2, 0.25) is 10.0 Å². The van der Waals surface area contributed by atoms with E-state index in [9.17, 15) is 13.2 Å². The van der Waals surface area contributed by atoms with E-state index in [-0.39, 0.29) is 16.0 Å². The SMILES string of the molecule is CC1CCC(N(C)S(=O)(=O)c2c[nH]c(=O)c(Cl)c2)CC1. The number of hydrogen-bond donors (Lipinski definition) is 1. The lowest BCUT2D eigenvalue weighted by Crippen LogP contribution is -2.39. The Labute approximate surface area is 124 Å². The zero-order valence-corrected chi connectivity index (χ0v) is 13.2. The summed E-state index contributed by atoms with van der Waals surface area (Å²) in [5, 5.41) is -0.114. The number of halogens is 1. The smallest absolute Gasteiger partial charge is 0.266 e. The highest BCUT2D eigenvalue weighted by Crippen LogP contribution is 2.29. The molecule has 20 heavy (non-hydrogen) atoms. The van der Waals surface area contributed by atoms with Gasteiger partial charge in [0, 0.05) is 19.3 Å². The summed E-state index contributed by atoms with van der Waals surface area (Å²) in [7, 11) is -2.02. The average Bonchev–Trinajstić information content (AvgIpc) is 2.41. The van der Waals surface area contributed by atoms with E-state index in [2.05, 4.69) is 11.9 Å². The van der Waals surface area contributed by atoms with Gasteiger partial charge in [-0.2, -0.15) is 4.31 Å². The van der Waals surface area contributed by atoms with Gasteiger partial charge < -0.3 is 4.98 Å². The van der Waals surface area contributed by atoms with E-state index in [1.165, 1.54) is 16.6 Å². The number of H-pyrrole nitrogens is 1. The number of pyridine rings is 1.